The van der Waals surface area contributed by atoms with Gasteiger partial charge in [0.2, 0.25) is 0 Å². The molecule has 0 bridgehead atoms. The molecule has 1 fully saturated rings. The Morgan fingerprint density at radius 1 is 0.885 bits per heavy atom. The van der Waals surface area contributed by atoms with Crippen molar-refractivity contribution in [3.8, 4) is 0 Å². The van der Waals surface area contributed by atoms with E-state index in [2.05, 4.69) is 40.3 Å². The Morgan fingerprint density at radius 2 is 1.50 bits per heavy atom. The van der Waals surface area contributed by atoms with Crippen LogP contribution in [0.3, 0.4) is 0 Å². The molecule has 0 amide bonds. The minimum atomic E-state index is -1.26. The summed E-state index contributed by atoms with van der Waals surface area (Å²) in [7, 11) is 0. The van der Waals surface area contributed by atoms with Crippen LogP contribution in [0.4, 0.5) is 0 Å². The predicted octanol–water partition coefficient (Wildman–Crippen LogP) is 2.94. The quantitative estimate of drug-likeness (QED) is 0.296. The van der Waals surface area contributed by atoms with Crippen LogP contribution < -0.4 is 16.4 Å². The van der Waals surface area contributed by atoms with Gasteiger partial charge in [-0.3, -0.25) is 4.98 Å². The third-order valence-corrected chi connectivity index (χ3v) is 4.36. The van der Waals surface area contributed by atoms with Crippen molar-refractivity contribution in [3.05, 3.63) is 54.7 Å². The van der Waals surface area contributed by atoms with Gasteiger partial charge in [0.15, 0.2) is 0 Å². The van der Waals surface area contributed by atoms with E-state index >= 15 is 0 Å². The van der Waals surface area contributed by atoms with Gasteiger partial charge in [0.25, 0.3) is 0 Å². The minimum absolute atomic E-state index is 0. The Kier molecular flexibility index (Phi) is 9.25. The van der Waals surface area contributed by atoms with Crippen molar-refractivity contribution in [1.29, 1.82) is 0 Å². The molecule has 1 saturated carbocycles. The maximum absolute atomic E-state index is 9.99. The zero-order chi connectivity index (χ0) is 16.8. The van der Waals surface area contributed by atoms with Crippen LogP contribution in [-0.4, -0.2) is 17.1 Å². The third-order valence-electron chi connectivity index (χ3n) is 4.36. The van der Waals surface area contributed by atoms with Gasteiger partial charge in [0.1, 0.15) is 0 Å². The number of aliphatic imine (C=N–C) groups is 1. The molecule has 0 atom stereocenters. The SMILES string of the molecule is N.[O-]C([O-])=NC1CCCCC1.[Pt+2].c1ccc2c(c1)cnc1ccccc12. The number of para-hydroxylation sites is 1. The molecule has 0 unspecified atom stereocenters. The van der Waals surface area contributed by atoms with Crippen LogP contribution in [0, 0.1) is 0 Å². The molecule has 3 N–H and O–H groups in total. The fraction of sp³-hybridized carbons (Fsp3) is 0.300. The van der Waals surface area contributed by atoms with Crippen LogP contribution in [-0.2, 0) is 21.1 Å². The molecular formula is C20H23N3O2Pt. The van der Waals surface area contributed by atoms with E-state index in [0.29, 0.717) is 0 Å². The first-order valence-electron chi connectivity index (χ1n) is 8.38. The molecule has 1 aromatic heterocycles. The molecule has 2 aromatic carbocycles. The van der Waals surface area contributed by atoms with Crippen molar-refractivity contribution >= 4 is 27.8 Å². The van der Waals surface area contributed by atoms with E-state index in [1.54, 1.807) is 0 Å². The van der Waals surface area contributed by atoms with Gasteiger partial charge >= 0.3 is 21.1 Å². The fourth-order valence-electron chi connectivity index (χ4n) is 3.17. The average Bonchev–Trinajstić information content (AvgIpc) is 2.62. The van der Waals surface area contributed by atoms with E-state index < -0.39 is 6.08 Å². The number of fused-ring (bicyclic) bond motifs is 3. The smallest absolute Gasteiger partial charge is 0.870 e. The minimum Gasteiger partial charge on any atom is -0.870 e. The molecule has 26 heavy (non-hydrogen) atoms. The molecular weight excluding hydrogens is 509 g/mol. The van der Waals surface area contributed by atoms with Crippen molar-refractivity contribution in [2.45, 2.75) is 38.1 Å². The number of aromatic nitrogens is 1. The molecule has 0 radical (unpaired) electrons. The summed E-state index contributed by atoms with van der Waals surface area (Å²) in [6, 6.07) is 16.6. The molecule has 1 heterocycles. The number of hydrogen-bond donors (Lipinski definition) is 1. The van der Waals surface area contributed by atoms with Gasteiger partial charge in [-0.25, -0.2) is 0 Å². The Bertz CT molecular complexity index is 790. The summed E-state index contributed by atoms with van der Waals surface area (Å²) < 4.78 is 0. The molecule has 6 heteroatoms. The van der Waals surface area contributed by atoms with Crippen LogP contribution in [0.25, 0.3) is 21.7 Å². The fourth-order valence-corrected chi connectivity index (χ4v) is 3.17. The number of nitrogens with zero attached hydrogens (tertiary/aromatic N) is 2. The van der Waals surface area contributed by atoms with Gasteiger partial charge in [-0.1, -0.05) is 61.7 Å². The van der Waals surface area contributed by atoms with Crippen LogP contribution in [0.2, 0.25) is 0 Å². The maximum Gasteiger partial charge on any atom is 2.00 e. The molecule has 4 rings (SSSR count). The number of rotatable bonds is 1. The summed E-state index contributed by atoms with van der Waals surface area (Å²) in [5.74, 6) is 0. The van der Waals surface area contributed by atoms with Crippen LogP contribution in [0.15, 0.2) is 59.7 Å². The zero-order valence-corrected chi connectivity index (χ0v) is 16.8. The van der Waals surface area contributed by atoms with Crippen LogP contribution >= 0.6 is 0 Å². The normalized spacial score (nSPS) is 13.7. The Hall–Kier alpha value is -1.97. The van der Waals surface area contributed by atoms with E-state index in [9.17, 15) is 10.2 Å². The van der Waals surface area contributed by atoms with Crippen molar-refractivity contribution in [3.63, 3.8) is 0 Å². The summed E-state index contributed by atoms with van der Waals surface area (Å²) in [4.78, 5) is 7.85. The maximum atomic E-state index is 9.99. The second kappa shape index (κ2) is 10.9. The molecule has 5 nitrogen and oxygen atoms in total. The first-order valence-corrected chi connectivity index (χ1v) is 8.38. The van der Waals surface area contributed by atoms with Gasteiger partial charge in [-0.15, -0.1) is 6.08 Å². The zero-order valence-electron chi connectivity index (χ0n) is 14.5. The Balaban J connectivity index is 0.000000255. The van der Waals surface area contributed by atoms with Gasteiger partial charge in [0.05, 0.1) is 5.52 Å². The van der Waals surface area contributed by atoms with Crippen molar-refractivity contribution in [2.24, 2.45) is 4.99 Å². The summed E-state index contributed by atoms with van der Waals surface area (Å²) in [5, 5.41) is 23.7. The largest absolute Gasteiger partial charge is 2.00 e. The second-order valence-corrected chi connectivity index (χ2v) is 6.05. The van der Waals surface area contributed by atoms with Crippen LogP contribution in [0.5, 0.6) is 0 Å². The van der Waals surface area contributed by atoms with E-state index in [4.69, 9.17) is 0 Å². The molecule has 3 aromatic rings. The Morgan fingerprint density at radius 3 is 2.19 bits per heavy atom. The van der Waals surface area contributed by atoms with E-state index in [1.807, 2.05) is 24.4 Å². The molecule has 0 spiro atoms. The van der Waals surface area contributed by atoms with Crippen molar-refractivity contribution in [1.82, 2.24) is 11.1 Å². The van der Waals surface area contributed by atoms with Gasteiger partial charge in [-0.2, -0.15) is 0 Å². The molecule has 1 aliphatic rings. The number of hydrogen-bond acceptors (Lipinski definition) is 5. The summed E-state index contributed by atoms with van der Waals surface area (Å²) >= 11 is 0. The monoisotopic (exact) mass is 532 g/mol. The summed E-state index contributed by atoms with van der Waals surface area (Å²) in [6.07, 6.45) is 5.97. The van der Waals surface area contributed by atoms with Gasteiger partial charge in [-0.05, 0) is 24.3 Å². The molecule has 0 saturated heterocycles. The van der Waals surface area contributed by atoms with E-state index in [0.717, 1.165) is 31.2 Å². The molecule has 1 aliphatic carbocycles. The van der Waals surface area contributed by atoms with Crippen molar-refractivity contribution in [2.75, 3.05) is 0 Å². The van der Waals surface area contributed by atoms with E-state index in [1.165, 1.54) is 22.6 Å². The first-order chi connectivity index (χ1) is 11.7. The Labute approximate surface area is 168 Å². The first kappa shape index (κ1) is 22.1. The van der Waals surface area contributed by atoms with Gasteiger partial charge < -0.3 is 21.4 Å². The third kappa shape index (κ3) is 5.79. The van der Waals surface area contributed by atoms with Gasteiger partial charge in [0, 0.05) is 23.0 Å². The molecule has 140 valence electrons. The average molecular weight is 533 g/mol. The second-order valence-electron chi connectivity index (χ2n) is 6.05. The van der Waals surface area contributed by atoms with Crippen LogP contribution in [0.1, 0.15) is 32.1 Å². The number of benzene rings is 2. The summed E-state index contributed by atoms with van der Waals surface area (Å²) in [5.41, 5.74) is 1.06. The summed E-state index contributed by atoms with van der Waals surface area (Å²) in [6.45, 7) is 0. The van der Waals surface area contributed by atoms with E-state index in [-0.39, 0.29) is 33.3 Å². The predicted molar refractivity (Wildman–Crippen MR) is 98.6 cm³/mol. The van der Waals surface area contributed by atoms with Crippen molar-refractivity contribution < 1.29 is 31.3 Å². The number of pyridine rings is 1. The molecule has 0 aliphatic heterocycles. The standard InChI is InChI=1S/C13H9N.C7H13NO2.H3N.Pt/c1-2-6-11-10(5-1)9-14-13-8-4-3-7-12(11)13;9-7(10)8-6-4-2-1-3-5-6;;/h1-9H;6H,1-5H2,(H2,8,9,10);1H3;/q;;;+2/p-2. The topological polar surface area (TPSA) is 106 Å².